The summed E-state index contributed by atoms with van der Waals surface area (Å²) in [6, 6.07) is 10.8. The lowest BCUT2D eigenvalue weighted by molar-refractivity contribution is -0.135. The maximum atomic E-state index is 12.6. The zero-order valence-corrected chi connectivity index (χ0v) is 51.6. The molecule has 6 aromatic rings. The molecule has 23 heteroatoms. The summed E-state index contributed by atoms with van der Waals surface area (Å²) >= 11 is 0. The fourth-order valence-corrected chi connectivity index (χ4v) is 12.7. The van der Waals surface area contributed by atoms with Gasteiger partial charge in [-0.2, -0.15) is 0 Å². The van der Waals surface area contributed by atoms with E-state index in [9.17, 15) is 24.6 Å². The van der Waals surface area contributed by atoms with Crippen LogP contribution in [0.25, 0.3) is 34.6 Å². The fourth-order valence-electron chi connectivity index (χ4n) is 12.7. The van der Waals surface area contributed by atoms with Crippen molar-refractivity contribution in [2.75, 3.05) is 76.8 Å². The molecule has 6 atom stereocenters. The molecule has 0 radical (unpaired) electrons. The summed E-state index contributed by atoms with van der Waals surface area (Å²) in [5, 5.41) is 37.9. The number of aliphatic hydroxyl groups is 3. The number of ether oxygens (including phenoxy) is 3. The Balaban J connectivity index is 0.000000149. The second-order valence-corrected chi connectivity index (χ2v) is 23.8. The van der Waals surface area contributed by atoms with Crippen LogP contribution in [-0.4, -0.2) is 169 Å². The number of nitrogens with zero attached hydrogens (tertiary/aromatic N) is 12. The molecule has 0 aliphatic heterocycles. The first-order valence-corrected chi connectivity index (χ1v) is 30.9. The van der Waals surface area contributed by atoms with Gasteiger partial charge in [0, 0.05) is 111 Å². The highest BCUT2D eigenvalue weighted by atomic mass is 16.5. The van der Waals surface area contributed by atoms with Crippen molar-refractivity contribution in [3.63, 3.8) is 0 Å². The molecule has 88 heavy (non-hydrogen) atoms. The van der Waals surface area contributed by atoms with Crippen LogP contribution in [0.1, 0.15) is 124 Å². The zero-order chi connectivity index (χ0) is 62.4. The Morgan fingerprint density at radius 2 is 0.818 bits per heavy atom. The normalized spacial score (nSPS) is 20.2. The van der Waals surface area contributed by atoms with E-state index in [1.165, 1.54) is 0 Å². The van der Waals surface area contributed by atoms with Crippen molar-refractivity contribution in [1.82, 2.24) is 44.9 Å². The highest BCUT2D eigenvalue weighted by Gasteiger charge is 2.32. The predicted octanol–water partition coefficient (Wildman–Crippen LogP) is 6.60. The molecular weight excluding hydrogens is 1120 g/mol. The summed E-state index contributed by atoms with van der Waals surface area (Å²) < 4.78 is 15.8. The number of methoxy groups -OCH3 is 3. The average Bonchev–Trinajstić information content (AvgIpc) is 4.14. The van der Waals surface area contributed by atoms with Gasteiger partial charge in [-0.3, -0.25) is 29.3 Å². The topological polar surface area (TPSA) is 312 Å². The summed E-state index contributed by atoms with van der Waals surface area (Å²) in [6.07, 6.45) is 22.0. The fraction of sp³-hybridized carbons (Fsp3) is 0.538. The number of pyridine rings is 3. The first kappa shape index (κ1) is 64.6. The second-order valence-electron chi connectivity index (χ2n) is 23.8. The molecule has 3 fully saturated rings. The molecule has 0 spiro atoms. The smallest absolute Gasteiger partial charge is 0.323 e. The van der Waals surface area contributed by atoms with Gasteiger partial charge in [0.25, 0.3) is 0 Å². The second kappa shape index (κ2) is 30.4. The van der Waals surface area contributed by atoms with E-state index in [-0.39, 0.29) is 67.4 Å². The van der Waals surface area contributed by atoms with Gasteiger partial charge < -0.3 is 55.1 Å². The van der Waals surface area contributed by atoms with Gasteiger partial charge >= 0.3 is 5.97 Å². The highest BCUT2D eigenvalue weighted by molar-refractivity contribution is 5.84. The minimum Gasteiger partial charge on any atom is -0.497 e. The number of fused-ring (bicyclic) bond motifs is 3. The molecule has 6 heterocycles. The molecule has 6 N–H and O–H groups in total. The number of aliphatic hydroxyl groups excluding tert-OH is 3. The summed E-state index contributed by atoms with van der Waals surface area (Å²) in [5.41, 5.74) is 13.7. The largest absolute Gasteiger partial charge is 0.497 e. The lowest BCUT2D eigenvalue weighted by Crippen LogP contribution is -2.30. The lowest BCUT2D eigenvalue weighted by Gasteiger charge is -2.22. The maximum Gasteiger partial charge on any atom is 0.323 e. The Labute approximate surface area is 514 Å². The van der Waals surface area contributed by atoms with E-state index in [1.807, 2.05) is 36.0 Å². The Kier molecular flexibility index (Phi) is 22.3. The Morgan fingerprint density at radius 3 is 1.10 bits per heavy atom. The van der Waals surface area contributed by atoms with E-state index in [1.54, 1.807) is 76.1 Å². The Hall–Kier alpha value is -7.86. The van der Waals surface area contributed by atoms with Crippen molar-refractivity contribution in [1.29, 1.82) is 0 Å². The minimum atomic E-state index is -0.890. The number of rotatable bonds is 19. The molecule has 0 amide bonds. The van der Waals surface area contributed by atoms with Crippen LogP contribution >= 0.6 is 0 Å². The molecule has 0 unspecified atom stereocenters. The van der Waals surface area contributed by atoms with E-state index in [0.29, 0.717) is 70.5 Å². The molecule has 6 aliphatic rings. The quantitative estimate of drug-likeness (QED) is 0.0570. The number of carbonyl (C=O) groups excluding carboxylic acids is 2. The van der Waals surface area contributed by atoms with Crippen LogP contribution < -0.4 is 34.6 Å². The number of carbonyl (C=O) groups is 3. The van der Waals surface area contributed by atoms with Crippen LogP contribution in [0.2, 0.25) is 0 Å². The molecule has 3 saturated carbocycles. The van der Waals surface area contributed by atoms with E-state index < -0.39 is 5.97 Å². The monoisotopic (exact) mass is 1210 g/mol. The molecule has 6 aromatic heterocycles. The van der Waals surface area contributed by atoms with Crippen LogP contribution in [0.15, 0.2) is 55.0 Å². The van der Waals surface area contributed by atoms with Crippen molar-refractivity contribution in [2.45, 2.75) is 153 Å². The van der Waals surface area contributed by atoms with Gasteiger partial charge in [-0.05, 0) is 133 Å². The van der Waals surface area contributed by atoms with Gasteiger partial charge in [0.05, 0.1) is 52.7 Å². The third kappa shape index (κ3) is 16.4. The van der Waals surface area contributed by atoms with E-state index >= 15 is 0 Å². The summed E-state index contributed by atoms with van der Waals surface area (Å²) in [4.78, 5) is 83.2. The molecule has 0 bridgehead atoms. The van der Waals surface area contributed by atoms with Gasteiger partial charge in [0.15, 0.2) is 29.0 Å². The van der Waals surface area contributed by atoms with Gasteiger partial charge in [0.1, 0.15) is 58.3 Å². The summed E-state index contributed by atoms with van der Waals surface area (Å²) in [5.74, 6) is 5.61. The van der Waals surface area contributed by atoms with E-state index in [2.05, 4.69) is 24.9 Å². The minimum absolute atomic E-state index is 0.0694. The number of aromatic nitrogens is 9. The number of ketones is 2. The molecule has 23 nitrogen and oxygen atoms in total. The molecule has 0 saturated heterocycles. The number of hydrogen-bond donors (Lipinski definition) is 5. The molecule has 470 valence electrons. The predicted molar refractivity (Wildman–Crippen MR) is 333 cm³/mol. The van der Waals surface area contributed by atoms with Crippen LogP contribution in [0, 0.1) is 11.8 Å². The number of nitrogens with two attached hydrogens (primary N) is 1. The van der Waals surface area contributed by atoms with Crippen molar-refractivity contribution in [2.24, 2.45) is 17.6 Å². The van der Waals surface area contributed by atoms with Gasteiger partial charge in [-0.15, -0.1) is 0 Å². The summed E-state index contributed by atoms with van der Waals surface area (Å²) in [6.45, 7) is 0.476. The van der Waals surface area contributed by atoms with Crippen LogP contribution in [0.3, 0.4) is 0 Å². The third-order valence-electron chi connectivity index (χ3n) is 17.4. The summed E-state index contributed by atoms with van der Waals surface area (Å²) in [7, 11) is 10.4. The number of hydrogen-bond acceptors (Lipinski definition) is 22. The van der Waals surface area contributed by atoms with Crippen LogP contribution in [-0.2, 0) is 52.9 Å². The van der Waals surface area contributed by atoms with Gasteiger partial charge in [-0.25, -0.2) is 29.9 Å². The standard InChI is InChI=1S/2C22H28N4O3.C16H18N4O3.C5H11NO/c2*1-26(13-15(27)11-14-5-3-8-20(14)28)22-17-6-4-7-18(17)24-21(25-22)19-12-16(29-2)9-10-23-19;1-20(9-14(21)22)16-11-4-3-5-12(11)18-15(19-16)13-8-10(23-2)6-7-17-13;6-4-2-1-3-5(4)7/h2*9-10,12,14,20,28H,3-8,11,13H2,1-2H3;6-8H,3-5,9H2,1-2H3,(H,21,22);4-5,7H,1-3,6H2/t2*14-,20+;;4-,5-/m10.1/s1. The highest BCUT2D eigenvalue weighted by Crippen LogP contribution is 2.36. The number of likely N-dealkylation sites (N-methyl/N-ethyl adjacent to an activating group) is 3. The number of carboxylic acid groups (broad SMARTS) is 1. The Bertz CT molecular complexity index is 3240. The van der Waals surface area contributed by atoms with Gasteiger partial charge in [-0.1, -0.05) is 12.8 Å². The zero-order valence-electron chi connectivity index (χ0n) is 51.6. The van der Waals surface area contributed by atoms with Crippen LogP contribution in [0.5, 0.6) is 17.2 Å². The Morgan fingerprint density at radius 1 is 0.477 bits per heavy atom. The van der Waals surface area contributed by atoms with Crippen molar-refractivity contribution in [3.8, 4) is 51.8 Å². The van der Waals surface area contributed by atoms with Gasteiger partial charge in [0.2, 0.25) is 0 Å². The van der Waals surface area contributed by atoms with Crippen molar-refractivity contribution < 1.29 is 49.0 Å². The average molecular weight is 1210 g/mol. The molecule has 12 rings (SSSR count). The van der Waals surface area contributed by atoms with E-state index in [4.69, 9.17) is 50.1 Å². The number of aliphatic carboxylic acids is 1. The number of aryl methyl sites for hydroxylation is 3. The number of anilines is 3. The first-order chi connectivity index (χ1) is 42.5. The lowest BCUT2D eigenvalue weighted by atomic mass is 9.99. The third-order valence-corrected chi connectivity index (χ3v) is 17.4. The molecule has 6 aliphatic carbocycles. The van der Waals surface area contributed by atoms with Crippen molar-refractivity contribution in [3.05, 3.63) is 88.8 Å². The molecule has 0 aromatic carbocycles. The maximum absolute atomic E-state index is 12.6. The molecular formula is C65H85N13O10. The van der Waals surface area contributed by atoms with Crippen LogP contribution in [0.4, 0.5) is 17.5 Å². The van der Waals surface area contributed by atoms with E-state index in [0.717, 1.165) is 161 Å². The SMILES string of the molecule is COc1ccnc(-c2nc3c(c(N(C)CC(=O)C[C@@H]4CCC[C@H]4O)n2)CCC3)c1.COc1ccnc(-c2nc3c(c(N(C)CC(=O)C[C@H]4CCC[C@@H]4O)n2)CCC3)c1.COc1ccnc(-c2nc3c(c(N(C)CC(=O)O)n2)CCC3)c1.N[C@@H]1CCC[C@H]1O. The number of Topliss-reactive ketones (excluding diaryl/α,β-unsaturated/α-hetero) is 2. The number of carboxylic acids is 1. The van der Waals surface area contributed by atoms with Crippen molar-refractivity contribution >= 4 is 35.0 Å². The first-order valence-electron chi connectivity index (χ1n) is 30.9.